The van der Waals surface area contributed by atoms with Crippen molar-refractivity contribution in [2.75, 3.05) is 19.6 Å². The van der Waals surface area contributed by atoms with Gasteiger partial charge in [0.1, 0.15) is 5.01 Å². The van der Waals surface area contributed by atoms with Crippen LogP contribution in [-0.2, 0) is 16.0 Å². The van der Waals surface area contributed by atoms with Crippen molar-refractivity contribution in [1.82, 2.24) is 15.2 Å². The molecule has 1 aromatic heterocycles. The molecule has 0 spiro atoms. The molecule has 1 aliphatic heterocycles. The molecule has 0 aliphatic carbocycles. The van der Waals surface area contributed by atoms with Gasteiger partial charge in [-0.2, -0.15) is 0 Å². The van der Waals surface area contributed by atoms with Crippen LogP contribution < -0.4 is 5.32 Å². The quantitative estimate of drug-likeness (QED) is 0.907. The monoisotopic (exact) mass is 343 g/mol. The molecule has 5 nitrogen and oxygen atoms in total. The third kappa shape index (κ3) is 4.41. The lowest BCUT2D eigenvalue weighted by Gasteiger charge is -2.26. The Labute approximate surface area is 145 Å². The minimum absolute atomic E-state index is 0.00584. The number of benzene rings is 1. The largest absolute Gasteiger partial charge is 0.347 e. The summed E-state index contributed by atoms with van der Waals surface area (Å²) in [5, 5.41) is 5.51. The number of carbonyl (C=O) groups excluding carboxylic acids is 2. The van der Waals surface area contributed by atoms with Gasteiger partial charge < -0.3 is 10.2 Å². The highest BCUT2D eigenvalue weighted by molar-refractivity contribution is 7.13. The number of hydrogen-bond donors (Lipinski definition) is 1. The number of piperidine rings is 1. The van der Waals surface area contributed by atoms with Gasteiger partial charge in [-0.3, -0.25) is 9.59 Å². The molecule has 0 atom stereocenters. The number of carbonyl (C=O) groups is 2. The molecule has 0 bridgehead atoms. The zero-order chi connectivity index (χ0) is 16.8. The normalized spacial score (nSPS) is 14.4. The molecule has 2 aromatic rings. The molecule has 24 heavy (non-hydrogen) atoms. The minimum Gasteiger partial charge on any atom is -0.347 e. The molecular formula is C18H21N3O2S. The molecule has 1 aliphatic rings. The Kier molecular flexibility index (Phi) is 5.59. The van der Waals surface area contributed by atoms with E-state index in [4.69, 9.17) is 0 Å². The van der Waals surface area contributed by atoms with Crippen LogP contribution in [0.3, 0.4) is 0 Å². The highest BCUT2D eigenvalue weighted by Gasteiger charge is 2.17. The molecule has 1 aromatic carbocycles. The Morgan fingerprint density at radius 1 is 1.12 bits per heavy atom. The Balaban J connectivity index is 1.48. The first-order valence-electron chi connectivity index (χ1n) is 8.26. The predicted molar refractivity (Wildman–Crippen MR) is 94.7 cm³/mol. The van der Waals surface area contributed by atoms with Gasteiger partial charge in [-0.25, -0.2) is 4.98 Å². The van der Waals surface area contributed by atoms with Crippen molar-refractivity contribution in [3.63, 3.8) is 0 Å². The van der Waals surface area contributed by atoms with E-state index < -0.39 is 0 Å². The fourth-order valence-electron chi connectivity index (χ4n) is 2.76. The zero-order valence-electron chi connectivity index (χ0n) is 13.5. The van der Waals surface area contributed by atoms with E-state index in [0.717, 1.165) is 42.2 Å². The topological polar surface area (TPSA) is 62.3 Å². The summed E-state index contributed by atoms with van der Waals surface area (Å²) in [6.07, 6.45) is 3.50. The molecule has 0 radical (unpaired) electrons. The van der Waals surface area contributed by atoms with Crippen molar-refractivity contribution in [2.45, 2.75) is 25.7 Å². The molecule has 6 heteroatoms. The lowest BCUT2D eigenvalue weighted by atomic mass is 10.1. The third-order valence-corrected chi connectivity index (χ3v) is 5.00. The second-order valence-electron chi connectivity index (χ2n) is 5.90. The standard InChI is InChI=1S/C18H21N3O2S/c22-16(19-12-17(23)21-9-5-2-6-10-21)11-15-13-24-18(20-15)14-7-3-1-4-8-14/h1,3-4,7-8,13H,2,5-6,9-12H2,(H,19,22). The summed E-state index contributed by atoms with van der Waals surface area (Å²) < 4.78 is 0. The van der Waals surface area contributed by atoms with Crippen LogP contribution in [0.5, 0.6) is 0 Å². The number of likely N-dealkylation sites (tertiary alicyclic amines) is 1. The first-order chi connectivity index (χ1) is 11.7. The first-order valence-corrected chi connectivity index (χ1v) is 9.14. The third-order valence-electron chi connectivity index (χ3n) is 4.06. The molecule has 2 amide bonds. The summed E-state index contributed by atoms with van der Waals surface area (Å²) in [5.74, 6) is -0.156. The molecule has 0 saturated carbocycles. The average Bonchev–Trinajstić information content (AvgIpc) is 3.09. The molecule has 1 N–H and O–H groups in total. The van der Waals surface area contributed by atoms with Crippen LogP contribution in [0.15, 0.2) is 35.7 Å². The summed E-state index contributed by atoms with van der Waals surface area (Å²) in [4.78, 5) is 30.4. The van der Waals surface area contributed by atoms with Crippen LogP contribution in [0.4, 0.5) is 0 Å². The van der Waals surface area contributed by atoms with Crippen LogP contribution in [0.1, 0.15) is 25.0 Å². The van der Waals surface area contributed by atoms with E-state index in [2.05, 4.69) is 10.3 Å². The van der Waals surface area contributed by atoms with Gasteiger partial charge in [0.25, 0.3) is 0 Å². The fourth-order valence-corrected chi connectivity index (χ4v) is 3.58. The maximum atomic E-state index is 12.0. The summed E-state index contributed by atoms with van der Waals surface area (Å²) in [7, 11) is 0. The van der Waals surface area contributed by atoms with Crippen molar-refractivity contribution in [2.24, 2.45) is 0 Å². The van der Waals surface area contributed by atoms with Gasteiger partial charge in [-0.15, -0.1) is 11.3 Å². The van der Waals surface area contributed by atoms with Crippen LogP contribution >= 0.6 is 11.3 Å². The SMILES string of the molecule is O=C(Cc1csc(-c2ccccc2)n1)NCC(=O)N1CCCCC1. The predicted octanol–water partition coefficient (Wildman–Crippen LogP) is 2.48. The number of nitrogens with one attached hydrogen (secondary N) is 1. The van der Waals surface area contributed by atoms with Crippen molar-refractivity contribution < 1.29 is 9.59 Å². The van der Waals surface area contributed by atoms with Gasteiger partial charge in [0.05, 0.1) is 18.7 Å². The second-order valence-corrected chi connectivity index (χ2v) is 6.76. The van der Waals surface area contributed by atoms with E-state index in [-0.39, 0.29) is 24.8 Å². The Bertz CT molecular complexity index is 693. The van der Waals surface area contributed by atoms with Crippen molar-refractivity contribution in [3.8, 4) is 10.6 Å². The Hall–Kier alpha value is -2.21. The van der Waals surface area contributed by atoms with Gasteiger partial charge in [-0.05, 0) is 19.3 Å². The van der Waals surface area contributed by atoms with Crippen LogP contribution in [-0.4, -0.2) is 41.3 Å². The van der Waals surface area contributed by atoms with E-state index in [1.54, 1.807) is 0 Å². The van der Waals surface area contributed by atoms with E-state index in [1.807, 2.05) is 40.6 Å². The molecule has 2 heterocycles. The first kappa shape index (κ1) is 16.6. The van der Waals surface area contributed by atoms with E-state index in [9.17, 15) is 9.59 Å². The second kappa shape index (κ2) is 8.06. The summed E-state index contributed by atoms with van der Waals surface area (Å²) in [5.41, 5.74) is 1.79. The Morgan fingerprint density at radius 3 is 2.62 bits per heavy atom. The van der Waals surface area contributed by atoms with Crippen molar-refractivity contribution in [1.29, 1.82) is 0 Å². The van der Waals surface area contributed by atoms with Crippen molar-refractivity contribution in [3.05, 3.63) is 41.4 Å². The van der Waals surface area contributed by atoms with Crippen LogP contribution in [0, 0.1) is 0 Å². The van der Waals surface area contributed by atoms with Gasteiger partial charge in [-0.1, -0.05) is 30.3 Å². The van der Waals surface area contributed by atoms with Gasteiger partial charge in [0.2, 0.25) is 11.8 Å². The maximum Gasteiger partial charge on any atom is 0.241 e. The Morgan fingerprint density at radius 2 is 1.88 bits per heavy atom. The molecule has 126 valence electrons. The van der Waals surface area contributed by atoms with E-state index >= 15 is 0 Å². The zero-order valence-corrected chi connectivity index (χ0v) is 14.3. The van der Waals surface area contributed by atoms with E-state index in [0.29, 0.717) is 0 Å². The van der Waals surface area contributed by atoms with Crippen LogP contribution in [0.2, 0.25) is 0 Å². The molecule has 0 unspecified atom stereocenters. The summed E-state index contributed by atoms with van der Waals surface area (Å²) >= 11 is 1.53. The number of aromatic nitrogens is 1. The van der Waals surface area contributed by atoms with Gasteiger partial charge >= 0.3 is 0 Å². The molecule has 1 saturated heterocycles. The molecular weight excluding hydrogens is 322 g/mol. The van der Waals surface area contributed by atoms with Crippen molar-refractivity contribution >= 4 is 23.2 Å². The molecule has 1 fully saturated rings. The lowest BCUT2D eigenvalue weighted by Crippen LogP contribution is -2.42. The van der Waals surface area contributed by atoms with Gasteiger partial charge in [0.15, 0.2) is 0 Å². The summed E-state index contributed by atoms with van der Waals surface area (Å²) in [6.45, 7) is 1.69. The van der Waals surface area contributed by atoms with Gasteiger partial charge in [0, 0.05) is 24.0 Å². The number of thiazole rings is 1. The minimum atomic E-state index is -0.162. The number of rotatable bonds is 5. The average molecular weight is 343 g/mol. The number of hydrogen-bond acceptors (Lipinski definition) is 4. The molecule has 3 rings (SSSR count). The van der Waals surface area contributed by atoms with E-state index in [1.165, 1.54) is 17.8 Å². The smallest absolute Gasteiger partial charge is 0.241 e. The lowest BCUT2D eigenvalue weighted by molar-refractivity contribution is -0.133. The number of amides is 2. The number of nitrogens with zero attached hydrogens (tertiary/aromatic N) is 2. The highest BCUT2D eigenvalue weighted by Crippen LogP contribution is 2.23. The maximum absolute atomic E-state index is 12.0. The fraction of sp³-hybridized carbons (Fsp3) is 0.389. The van der Waals surface area contributed by atoms with Crippen LogP contribution in [0.25, 0.3) is 10.6 Å². The highest BCUT2D eigenvalue weighted by atomic mass is 32.1. The summed E-state index contributed by atoms with van der Waals surface area (Å²) in [6, 6.07) is 9.90.